The minimum absolute atomic E-state index is 0.0374. The van der Waals surface area contributed by atoms with Gasteiger partial charge in [0.25, 0.3) is 0 Å². The minimum atomic E-state index is -0.539. The van der Waals surface area contributed by atoms with Gasteiger partial charge in [0.05, 0.1) is 25.1 Å². The Bertz CT molecular complexity index is 916. The van der Waals surface area contributed by atoms with Crippen molar-refractivity contribution in [2.24, 2.45) is 4.99 Å². The van der Waals surface area contributed by atoms with E-state index < -0.39 is 5.25 Å². The van der Waals surface area contributed by atoms with Gasteiger partial charge >= 0.3 is 0 Å². The molecule has 1 aliphatic rings. The second-order valence-corrected chi connectivity index (χ2v) is 7.50. The molecule has 8 heteroatoms. The number of ether oxygens (including phenoxy) is 2. The van der Waals surface area contributed by atoms with Gasteiger partial charge in [0.1, 0.15) is 16.7 Å². The molecule has 0 bridgehead atoms. The number of amidine groups is 1. The standard InChI is InChI=1S/C21H23N3O4S/c1-3-11-28-17-10-5-4-9-16(17)23-19(25)13-18-20(26)24-21(29-18)22-14-7-6-8-15(12-14)27-2/h4-10,12,18H,3,11,13H2,1-2H3,(H,23,25)(H,22,24,26)/t18-/m1/s1. The lowest BCUT2D eigenvalue weighted by Crippen LogP contribution is -2.28. The average molecular weight is 413 g/mol. The Balaban J connectivity index is 1.61. The van der Waals surface area contributed by atoms with Crippen molar-refractivity contribution in [1.29, 1.82) is 0 Å². The Morgan fingerprint density at radius 2 is 2.07 bits per heavy atom. The zero-order chi connectivity index (χ0) is 20.6. The topological polar surface area (TPSA) is 89.0 Å². The predicted molar refractivity (Wildman–Crippen MR) is 115 cm³/mol. The van der Waals surface area contributed by atoms with E-state index in [2.05, 4.69) is 15.6 Å². The number of hydrogen-bond acceptors (Lipinski definition) is 6. The van der Waals surface area contributed by atoms with Crippen molar-refractivity contribution in [3.63, 3.8) is 0 Å². The number of nitrogens with zero attached hydrogens (tertiary/aromatic N) is 1. The first-order valence-corrected chi connectivity index (χ1v) is 10.2. The molecule has 1 saturated heterocycles. The molecule has 0 unspecified atom stereocenters. The maximum atomic E-state index is 12.5. The van der Waals surface area contributed by atoms with E-state index in [9.17, 15) is 9.59 Å². The molecule has 1 atom stereocenters. The van der Waals surface area contributed by atoms with Gasteiger partial charge in [-0.25, -0.2) is 4.99 Å². The summed E-state index contributed by atoms with van der Waals surface area (Å²) in [5.41, 5.74) is 1.26. The molecular formula is C21H23N3O4S. The van der Waals surface area contributed by atoms with Crippen molar-refractivity contribution in [3.05, 3.63) is 48.5 Å². The van der Waals surface area contributed by atoms with Crippen LogP contribution >= 0.6 is 11.8 Å². The highest BCUT2D eigenvalue weighted by Gasteiger charge is 2.32. The Morgan fingerprint density at radius 1 is 1.24 bits per heavy atom. The highest BCUT2D eigenvalue weighted by molar-refractivity contribution is 8.15. The van der Waals surface area contributed by atoms with Crippen molar-refractivity contribution in [2.45, 2.75) is 25.0 Å². The number of amides is 2. The number of aliphatic imine (C=N–C) groups is 1. The molecule has 1 fully saturated rings. The van der Waals surface area contributed by atoms with Crippen LogP contribution in [0.25, 0.3) is 0 Å². The zero-order valence-corrected chi connectivity index (χ0v) is 17.1. The van der Waals surface area contributed by atoms with Gasteiger partial charge in [0.2, 0.25) is 11.8 Å². The molecule has 2 aromatic rings. The molecule has 2 aromatic carbocycles. The summed E-state index contributed by atoms with van der Waals surface area (Å²) in [6.45, 7) is 2.58. The smallest absolute Gasteiger partial charge is 0.240 e. The van der Waals surface area contributed by atoms with E-state index in [4.69, 9.17) is 9.47 Å². The number of methoxy groups -OCH3 is 1. The fourth-order valence-corrected chi connectivity index (χ4v) is 3.65. The third-order valence-corrected chi connectivity index (χ3v) is 5.14. The molecule has 0 aromatic heterocycles. The summed E-state index contributed by atoms with van der Waals surface area (Å²) in [6.07, 6.45) is 0.909. The number of carbonyl (C=O) groups is 2. The van der Waals surface area contributed by atoms with Crippen molar-refractivity contribution in [2.75, 3.05) is 19.0 Å². The minimum Gasteiger partial charge on any atom is -0.497 e. The number of carbonyl (C=O) groups excluding carboxylic acids is 2. The van der Waals surface area contributed by atoms with E-state index in [1.807, 2.05) is 37.3 Å². The highest BCUT2D eigenvalue weighted by Crippen LogP contribution is 2.28. The molecule has 1 aliphatic heterocycles. The molecule has 3 rings (SSSR count). The fraction of sp³-hybridized carbons (Fsp3) is 0.286. The first-order chi connectivity index (χ1) is 14.1. The van der Waals surface area contributed by atoms with E-state index in [0.717, 1.165) is 6.42 Å². The Labute approximate surface area is 173 Å². The lowest BCUT2D eigenvalue weighted by molar-refractivity contribution is -0.122. The second-order valence-electron chi connectivity index (χ2n) is 6.31. The lowest BCUT2D eigenvalue weighted by atomic mass is 10.2. The van der Waals surface area contributed by atoms with Crippen LogP contribution in [-0.2, 0) is 9.59 Å². The molecule has 2 N–H and O–H groups in total. The van der Waals surface area contributed by atoms with Crippen LogP contribution in [0.4, 0.5) is 11.4 Å². The predicted octanol–water partition coefficient (Wildman–Crippen LogP) is 3.73. The normalized spacial score (nSPS) is 17.1. The van der Waals surface area contributed by atoms with Crippen molar-refractivity contribution in [3.8, 4) is 11.5 Å². The maximum Gasteiger partial charge on any atom is 0.240 e. The van der Waals surface area contributed by atoms with Gasteiger partial charge in [0.15, 0.2) is 5.17 Å². The zero-order valence-electron chi connectivity index (χ0n) is 16.3. The summed E-state index contributed by atoms with van der Waals surface area (Å²) in [5, 5.41) is 5.49. The monoisotopic (exact) mass is 413 g/mol. The molecule has 0 aliphatic carbocycles. The maximum absolute atomic E-state index is 12.5. The molecule has 0 saturated carbocycles. The number of anilines is 1. The Kier molecular flexibility index (Phi) is 7.13. The number of para-hydroxylation sites is 2. The summed E-state index contributed by atoms with van der Waals surface area (Å²) in [5.74, 6) is 0.808. The van der Waals surface area contributed by atoms with Crippen LogP contribution in [0.15, 0.2) is 53.5 Å². The summed E-state index contributed by atoms with van der Waals surface area (Å²) in [6, 6.07) is 14.5. The van der Waals surface area contributed by atoms with Crippen molar-refractivity contribution < 1.29 is 19.1 Å². The third kappa shape index (κ3) is 5.74. The van der Waals surface area contributed by atoms with E-state index in [0.29, 0.717) is 34.6 Å². The van der Waals surface area contributed by atoms with Gasteiger partial charge in [-0.3, -0.25) is 9.59 Å². The number of rotatable bonds is 8. The molecule has 2 amide bonds. The quantitative estimate of drug-likeness (QED) is 0.688. The van der Waals surface area contributed by atoms with Gasteiger partial charge in [-0.15, -0.1) is 0 Å². The SMILES string of the molecule is CCCOc1ccccc1NC(=O)C[C@H]1SC(=Nc2cccc(OC)c2)NC1=O. The Hall–Kier alpha value is -3.00. The van der Waals surface area contributed by atoms with Gasteiger partial charge in [-0.05, 0) is 30.7 Å². The van der Waals surface area contributed by atoms with Crippen molar-refractivity contribution >= 4 is 40.1 Å². The molecule has 29 heavy (non-hydrogen) atoms. The van der Waals surface area contributed by atoms with E-state index in [-0.39, 0.29) is 18.2 Å². The molecule has 7 nitrogen and oxygen atoms in total. The number of hydrogen-bond donors (Lipinski definition) is 2. The third-order valence-electron chi connectivity index (χ3n) is 4.05. The van der Waals surface area contributed by atoms with Gasteiger partial charge in [0, 0.05) is 12.5 Å². The van der Waals surface area contributed by atoms with Crippen molar-refractivity contribution in [1.82, 2.24) is 5.32 Å². The van der Waals surface area contributed by atoms with Gasteiger partial charge < -0.3 is 20.1 Å². The molecule has 0 spiro atoms. The average Bonchev–Trinajstić information content (AvgIpc) is 3.05. The van der Waals surface area contributed by atoms with E-state index >= 15 is 0 Å². The highest BCUT2D eigenvalue weighted by atomic mass is 32.2. The Morgan fingerprint density at radius 3 is 2.86 bits per heavy atom. The summed E-state index contributed by atoms with van der Waals surface area (Å²) in [7, 11) is 1.58. The van der Waals surface area contributed by atoms with Crippen LogP contribution in [0, 0.1) is 0 Å². The number of thioether (sulfide) groups is 1. The van der Waals surface area contributed by atoms with Gasteiger partial charge in [-0.2, -0.15) is 0 Å². The van der Waals surface area contributed by atoms with E-state index in [1.54, 1.807) is 25.3 Å². The van der Waals surface area contributed by atoms with Crippen LogP contribution < -0.4 is 20.1 Å². The largest absolute Gasteiger partial charge is 0.497 e. The molecule has 152 valence electrons. The molecule has 1 heterocycles. The molecular weight excluding hydrogens is 390 g/mol. The summed E-state index contributed by atoms with van der Waals surface area (Å²) < 4.78 is 10.8. The summed E-state index contributed by atoms with van der Waals surface area (Å²) in [4.78, 5) is 29.1. The van der Waals surface area contributed by atoms with Crippen LogP contribution in [0.2, 0.25) is 0 Å². The fourth-order valence-electron chi connectivity index (χ4n) is 2.67. The van der Waals surface area contributed by atoms with Crippen LogP contribution in [0.1, 0.15) is 19.8 Å². The van der Waals surface area contributed by atoms with Gasteiger partial charge in [-0.1, -0.05) is 36.9 Å². The first kappa shape index (κ1) is 20.7. The molecule has 0 radical (unpaired) electrons. The van der Waals surface area contributed by atoms with Crippen LogP contribution in [0.3, 0.4) is 0 Å². The van der Waals surface area contributed by atoms with Crippen LogP contribution in [0.5, 0.6) is 11.5 Å². The lowest BCUT2D eigenvalue weighted by Gasteiger charge is -2.12. The summed E-state index contributed by atoms with van der Waals surface area (Å²) >= 11 is 1.24. The van der Waals surface area contributed by atoms with Crippen LogP contribution in [-0.4, -0.2) is 35.9 Å². The second kappa shape index (κ2) is 9.97. The number of nitrogens with one attached hydrogen (secondary N) is 2. The number of benzene rings is 2. The van der Waals surface area contributed by atoms with E-state index in [1.165, 1.54) is 11.8 Å². The first-order valence-electron chi connectivity index (χ1n) is 9.31.